The summed E-state index contributed by atoms with van der Waals surface area (Å²) in [5.41, 5.74) is -1.03. The second-order valence-corrected chi connectivity index (χ2v) is 11.1. The zero-order valence-electron chi connectivity index (χ0n) is 24.0. The second kappa shape index (κ2) is 12.2. The highest BCUT2D eigenvalue weighted by Gasteiger charge is 2.34. The van der Waals surface area contributed by atoms with Crippen molar-refractivity contribution in [1.29, 1.82) is 0 Å². The quantitative estimate of drug-likeness (QED) is 0.292. The number of hydrogen-bond donors (Lipinski definition) is 3. The van der Waals surface area contributed by atoms with E-state index >= 15 is 0 Å². The Hall–Kier alpha value is -4.17. The Balaban J connectivity index is 1.23. The van der Waals surface area contributed by atoms with Gasteiger partial charge in [-0.05, 0) is 50.2 Å². The lowest BCUT2D eigenvalue weighted by Crippen LogP contribution is -2.45. The summed E-state index contributed by atoms with van der Waals surface area (Å²) in [6.07, 6.45) is -3.34. The third-order valence-corrected chi connectivity index (χ3v) is 7.18. The number of urea groups is 1. The van der Waals surface area contributed by atoms with Crippen LogP contribution < -0.4 is 25.4 Å². The highest BCUT2D eigenvalue weighted by atomic mass is 19.4. The van der Waals surface area contributed by atoms with Crippen LogP contribution in [0.5, 0.6) is 17.4 Å². The highest BCUT2D eigenvalue weighted by Crippen LogP contribution is 2.40. The molecule has 0 spiro atoms. The summed E-state index contributed by atoms with van der Waals surface area (Å²) in [7, 11) is 0. The van der Waals surface area contributed by atoms with E-state index in [0.29, 0.717) is 25.5 Å². The van der Waals surface area contributed by atoms with Crippen LogP contribution in [0.1, 0.15) is 31.9 Å². The molecule has 0 saturated carbocycles. The molecular formula is C29H33F4N7O3. The van der Waals surface area contributed by atoms with Crippen LogP contribution in [0.15, 0.2) is 42.7 Å². The van der Waals surface area contributed by atoms with Gasteiger partial charge in [0.05, 0.1) is 11.1 Å². The van der Waals surface area contributed by atoms with Gasteiger partial charge in [-0.15, -0.1) is 0 Å². The molecule has 10 nitrogen and oxygen atoms in total. The molecule has 230 valence electrons. The molecule has 2 aromatic carbocycles. The van der Waals surface area contributed by atoms with Crippen molar-refractivity contribution in [3.63, 3.8) is 0 Å². The molecule has 3 heterocycles. The Bertz CT molecular complexity index is 1480. The van der Waals surface area contributed by atoms with Crippen molar-refractivity contribution in [2.24, 2.45) is 0 Å². The van der Waals surface area contributed by atoms with Crippen LogP contribution >= 0.6 is 0 Å². The van der Waals surface area contributed by atoms with E-state index in [4.69, 9.17) is 9.47 Å². The zero-order valence-corrected chi connectivity index (χ0v) is 24.0. The molecule has 2 aliphatic heterocycles. The minimum absolute atomic E-state index is 0.0116. The number of carbonyl (C=O) groups excluding carboxylic acids is 1. The first-order chi connectivity index (χ1) is 20.4. The summed E-state index contributed by atoms with van der Waals surface area (Å²) in [6, 6.07) is 6.57. The predicted molar refractivity (Wildman–Crippen MR) is 153 cm³/mol. The van der Waals surface area contributed by atoms with E-state index in [2.05, 4.69) is 37.7 Å². The number of anilines is 3. The second-order valence-electron chi connectivity index (χ2n) is 11.1. The van der Waals surface area contributed by atoms with Crippen molar-refractivity contribution in [2.45, 2.75) is 39.0 Å². The SMILES string of the molecule is CCN1CCN(Cc2ccc(NC(=O)Nc3ccc(Oc4ncnc5c4OCC(C)(C)N5)c(F)c3)cc2C(F)(F)F)CC1. The van der Waals surface area contributed by atoms with Crippen molar-refractivity contribution in [2.75, 3.05) is 55.3 Å². The molecule has 0 atom stereocenters. The van der Waals surface area contributed by atoms with E-state index in [1.807, 2.05) is 18.7 Å². The molecule has 0 bridgehead atoms. The maximum atomic E-state index is 14.9. The largest absolute Gasteiger partial charge is 0.483 e. The number of alkyl halides is 3. The van der Waals surface area contributed by atoms with E-state index in [1.165, 1.54) is 30.6 Å². The number of amides is 2. The van der Waals surface area contributed by atoms with Crippen LogP contribution in [0.4, 0.5) is 39.5 Å². The molecule has 0 radical (unpaired) electrons. The summed E-state index contributed by atoms with van der Waals surface area (Å²) in [5.74, 6) is -0.323. The third-order valence-electron chi connectivity index (χ3n) is 7.18. The van der Waals surface area contributed by atoms with Crippen molar-refractivity contribution >= 4 is 23.2 Å². The first-order valence-corrected chi connectivity index (χ1v) is 13.9. The van der Waals surface area contributed by atoms with Crippen molar-refractivity contribution < 1.29 is 31.8 Å². The molecule has 1 fully saturated rings. The Labute approximate surface area is 246 Å². The van der Waals surface area contributed by atoms with Crippen LogP contribution in [0, 0.1) is 5.82 Å². The fourth-order valence-corrected chi connectivity index (χ4v) is 4.88. The maximum Gasteiger partial charge on any atom is 0.416 e. The number of halogens is 4. The number of nitrogens with zero attached hydrogens (tertiary/aromatic N) is 4. The van der Waals surface area contributed by atoms with Crippen LogP contribution in [0.25, 0.3) is 0 Å². The smallest absolute Gasteiger partial charge is 0.416 e. The topological polar surface area (TPSA) is 104 Å². The minimum atomic E-state index is -4.60. The van der Waals surface area contributed by atoms with Gasteiger partial charge in [0.2, 0.25) is 5.75 Å². The molecule has 43 heavy (non-hydrogen) atoms. The van der Waals surface area contributed by atoms with Crippen LogP contribution in [-0.4, -0.2) is 70.7 Å². The zero-order chi connectivity index (χ0) is 30.8. The van der Waals surface area contributed by atoms with Crippen molar-refractivity contribution in [3.8, 4) is 17.4 Å². The summed E-state index contributed by atoms with van der Waals surface area (Å²) in [6.45, 7) is 10.3. The molecule has 3 N–H and O–H groups in total. The number of likely N-dealkylation sites (N-methyl/N-ethyl adjacent to an activating group) is 1. The van der Waals surface area contributed by atoms with Gasteiger partial charge in [-0.2, -0.15) is 18.2 Å². The van der Waals surface area contributed by atoms with Gasteiger partial charge >= 0.3 is 12.2 Å². The number of aromatic nitrogens is 2. The molecule has 0 unspecified atom stereocenters. The number of ether oxygens (including phenoxy) is 2. The molecule has 14 heteroatoms. The average Bonchev–Trinajstić information content (AvgIpc) is 2.94. The molecule has 3 aromatic rings. The van der Waals surface area contributed by atoms with Gasteiger partial charge in [-0.25, -0.2) is 14.2 Å². The summed E-state index contributed by atoms with van der Waals surface area (Å²) in [4.78, 5) is 25.0. The van der Waals surface area contributed by atoms with Gasteiger partial charge < -0.3 is 30.3 Å². The van der Waals surface area contributed by atoms with Crippen LogP contribution in [-0.2, 0) is 12.7 Å². The highest BCUT2D eigenvalue weighted by molar-refractivity contribution is 5.99. The summed E-state index contributed by atoms with van der Waals surface area (Å²) in [5, 5.41) is 8.02. The average molecular weight is 604 g/mol. The molecule has 2 aliphatic rings. The molecule has 1 aromatic heterocycles. The van der Waals surface area contributed by atoms with Gasteiger partial charge in [0, 0.05) is 50.2 Å². The molecule has 2 amide bonds. The predicted octanol–water partition coefficient (Wildman–Crippen LogP) is 5.79. The van der Waals surface area contributed by atoms with Crippen LogP contribution in [0.3, 0.4) is 0 Å². The number of fused-ring (bicyclic) bond motifs is 1. The Kier molecular flexibility index (Phi) is 8.60. The van der Waals surface area contributed by atoms with E-state index in [9.17, 15) is 22.4 Å². The number of piperazine rings is 1. The number of nitrogens with one attached hydrogen (secondary N) is 3. The minimum Gasteiger partial charge on any atom is -0.483 e. The van der Waals surface area contributed by atoms with Gasteiger partial charge in [-0.1, -0.05) is 13.0 Å². The number of rotatable bonds is 7. The summed E-state index contributed by atoms with van der Waals surface area (Å²) < 4.78 is 68.0. The van der Waals surface area contributed by atoms with Crippen molar-refractivity contribution in [1.82, 2.24) is 19.8 Å². The Morgan fingerprint density at radius 1 is 1.05 bits per heavy atom. The van der Waals surface area contributed by atoms with E-state index < -0.39 is 23.6 Å². The first-order valence-electron chi connectivity index (χ1n) is 13.9. The van der Waals surface area contributed by atoms with E-state index in [1.54, 1.807) is 0 Å². The van der Waals surface area contributed by atoms with Gasteiger partial charge in [-0.3, -0.25) is 4.90 Å². The van der Waals surface area contributed by atoms with Crippen molar-refractivity contribution in [3.05, 3.63) is 59.7 Å². The normalized spacial score (nSPS) is 16.9. The van der Waals surface area contributed by atoms with Gasteiger partial charge in [0.15, 0.2) is 17.4 Å². The van der Waals surface area contributed by atoms with E-state index in [-0.39, 0.29) is 46.4 Å². The van der Waals surface area contributed by atoms with E-state index in [0.717, 1.165) is 31.8 Å². The lowest BCUT2D eigenvalue weighted by atomic mass is 10.0. The Morgan fingerprint density at radius 3 is 2.40 bits per heavy atom. The molecule has 1 saturated heterocycles. The van der Waals surface area contributed by atoms with Gasteiger partial charge in [0.25, 0.3) is 5.88 Å². The lowest BCUT2D eigenvalue weighted by Gasteiger charge is -2.34. The first kappa shape index (κ1) is 30.3. The van der Waals surface area contributed by atoms with Crippen LogP contribution in [0.2, 0.25) is 0 Å². The molecule has 5 rings (SSSR count). The molecule has 0 aliphatic carbocycles. The fourth-order valence-electron chi connectivity index (χ4n) is 4.88. The lowest BCUT2D eigenvalue weighted by molar-refractivity contribution is -0.138. The fraction of sp³-hybridized carbons (Fsp3) is 0.414. The monoisotopic (exact) mass is 603 g/mol. The Morgan fingerprint density at radius 2 is 1.72 bits per heavy atom. The number of carbonyl (C=O) groups is 1. The van der Waals surface area contributed by atoms with Gasteiger partial charge in [0.1, 0.15) is 12.9 Å². The standard InChI is InChI=1S/C29H33F4N7O3/c1-4-39-9-11-40(12-10-39)15-18-5-6-19(13-21(18)29(31,32)33)36-27(41)37-20-7-8-23(22(30)14-20)43-26-24-25(34-17-35-26)38-28(2,3)16-42-24/h5-8,13-14,17H,4,9-12,15-16H2,1-3H3,(H,34,35,38)(H2,36,37,41). The molecular weight excluding hydrogens is 570 g/mol. The third kappa shape index (κ3) is 7.43. The number of hydrogen-bond acceptors (Lipinski definition) is 8. The number of benzene rings is 2. The summed E-state index contributed by atoms with van der Waals surface area (Å²) >= 11 is 0. The maximum absolute atomic E-state index is 14.9.